The van der Waals surface area contributed by atoms with Gasteiger partial charge in [0.2, 0.25) is 0 Å². The lowest BCUT2D eigenvalue weighted by Crippen LogP contribution is -2.39. The fourth-order valence-corrected chi connectivity index (χ4v) is 2.88. The first kappa shape index (κ1) is 23.3. The van der Waals surface area contributed by atoms with Crippen LogP contribution < -0.4 is 15.4 Å². The van der Waals surface area contributed by atoms with Gasteiger partial charge in [0.15, 0.2) is 5.96 Å². The zero-order valence-corrected chi connectivity index (χ0v) is 18.8. The van der Waals surface area contributed by atoms with Crippen LogP contribution in [0.25, 0.3) is 0 Å². The number of aliphatic imine (C=N–C) groups is 1. The van der Waals surface area contributed by atoms with Crippen molar-refractivity contribution in [1.29, 1.82) is 0 Å². The number of rotatable bonds is 9. The van der Waals surface area contributed by atoms with Crippen LogP contribution in [-0.4, -0.2) is 75.9 Å². The van der Waals surface area contributed by atoms with E-state index in [1.54, 1.807) is 7.05 Å². The molecule has 1 saturated heterocycles. The maximum atomic E-state index is 6.02. The third kappa shape index (κ3) is 8.79. The van der Waals surface area contributed by atoms with Gasteiger partial charge in [-0.15, -0.1) is 24.0 Å². The number of hydrogen-bond donors (Lipinski definition) is 2. The molecule has 0 bridgehead atoms. The molecule has 0 aromatic heterocycles. The van der Waals surface area contributed by atoms with E-state index in [1.807, 2.05) is 30.0 Å². The molecule has 8 heteroatoms. The Morgan fingerprint density at radius 2 is 2.04 bits per heavy atom. The summed E-state index contributed by atoms with van der Waals surface area (Å²) in [7, 11) is 1.79. The van der Waals surface area contributed by atoms with Gasteiger partial charge in [0.05, 0.1) is 13.2 Å². The molecule has 0 saturated carbocycles. The monoisotopic (exact) mass is 494 g/mol. The highest BCUT2D eigenvalue weighted by molar-refractivity contribution is 14.0. The van der Waals surface area contributed by atoms with Crippen LogP contribution in [0.5, 0.6) is 5.75 Å². The third-order valence-electron chi connectivity index (χ3n) is 4.01. The van der Waals surface area contributed by atoms with Crippen molar-refractivity contribution >= 4 is 41.7 Å². The molecule has 0 atom stereocenters. The van der Waals surface area contributed by atoms with Crippen molar-refractivity contribution in [2.45, 2.75) is 6.54 Å². The van der Waals surface area contributed by atoms with Crippen LogP contribution in [-0.2, 0) is 11.3 Å². The number of guanidine groups is 1. The quantitative estimate of drug-likeness (QED) is 0.237. The molecule has 0 amide bonds. The minimum Gasteiger partial charge on any atom is -0.492 e. The fraction of sp³-hybridized carbons (Fsp3) is 0.611. The Morgan fingerprint density at radius 3 is 2.77 bits per heavy atom. The van der Waals surface area contributed by atoms with Gasteiger partial charge in [-0.25, -0.2) is 0 Å². The Balaban J connectivity index is 0.00000338. The molecule has 1 aromatic rings. The van der Waals surface area contributed by atoms with Gasteiger partial charge in [0.25, 0.3) is 0 Å². The van der Waals surface area contributed by atoms with E-state index < -0.39 is 0 Å². The van der Waals surface area contributed by atoms with Gasteiger partial charge < -0.3 is 20.1 Å². The molecule has 26 heavy (non-hydrogen) atoms. The van der Waals surface area contributed by atoms with Crippen LogP contribution in [0.1, 0.15) is 5.56 Å². The Kier molecular flexibility index (Phi) is 12.9. The Morgan fingerprint density at radius 1 is 1.27 bits per heavy atom. The van der Waals surface area contributed by atoms with Crippen molar-refractivity contribution < 1.29 is 9.47 Å². The second kappa shape index (κ2) is 14.4. The van der Waals surface area contributed by atoms with Crippen LogP contribution in [0, 0.1) is 0 Å². The first-order valence-corrected chi connectivity index (χ1v) is 10.2. The largest absolute Gasteiger partial charge is 0.492 e. The van der Waals surface area contributed by atoms with E-state index in [2.05, 4.69) is 32.8 Å². The van der Waals surface area contributed by atoms with Crippen molar-refractivity contribution in [3.05, 3.63) is 29.8 Å². The summed E-state index contributed by atoms with van der Waals surface area (Å²) >= 11 is 1.81. The molecule has 0 aliphatic carbocycles. The number of ether oxygens (including phenoxy) is 2. The summed E-state index contributed by atoms with van der Waals surface area (Å²) in [6.45, 7) is 6.84. The van der Waals surface area contributed by atoms with Crippen LogP contribution in [0.3, 0.4) is 0 Å². The first-order chi connectivity index (χ1) is 12.3. The third-order valence-corrected chi connectivity index (χ3v) is 4.62. The molecule has 1 aliphatic heterocycles. The number of morpholine rings is 1. The smallest absolute Gasteiger partial charge is 0.191 e. The van der Waals surface area contributed by atoms with Crippen molar-refractivity contribution in [1.82, 2.24) is 15.5 Å². The highest BCUT2D eigenvalue weighted by Crippen LogP contribution is 2.17. The number of halogens is 1. The van der Waals surface area contributed by atoms with E-state index in [0.717, 1.165) is 62.4 Å². The highest BCUT2D eigenvalue weighted by Gasteiger charge is 2.10. The van der Waals surface area contributed by atoms with Gasteiger partial charge in [-0.05, 0) is 12.3 Å². The minimum absolute atomic E-state index is 0. The molecular weight excluding hydrogens is 463 g/mol. The lowest BCUT2D eigenvalue weighted by molar-refractivity contribution is 0.0322. The molecule has 148 valence electrons. The maximum absolute atomic E-state index is 6.02. The van der Waals surface area contributed by atoms with Crippen LogP contribution >= 0.6 is 35.7 Å². The van der Waals surface area contributed by atoms with E-state index in [-0.39, 0.29) is 24.0 Å². The van der Waals surface area contributed by atoms with Gasteiger partial charge in [-0.3, -0.25) is 9.89 Å². The minimum atomic E-state index is 0. The van der Waals surface area contributed by atoms with Crippen LogP contribution in [0.2, 0.25) is 0 Å². The second-order valence-electron chi connectivity index (χ2n) is 5.76. The van der Waals surface area contributed by atoms with E-state index in [1.165, 1.54) is 0 Å². The van der Waals surface area contributed by atoms with Crippen molar-refractivity contribution in [3.63, 3.8) is 0 Å². The SMILES string of the molecule is CN=C(NCCSC)NCc1ccccc1OCCN1CCOCC1.I. The summed E-state index contributed by atoms with van der Waals surface area (Å²) in [6.07, 6.45) is 2.10. The van der Waals surface area contributed by atoms with Crippen LogP contribution in [0.15, 0.2) is 29.3 Å². The molecule has 2 N–H and O–H groups in total. The normalized spacial score (nSPS) is 15.2. The van der Waals surface area contributed by atoms with E-state index >= 15 is 0 Å². The van der Waals surface area contributed by atoms with E-state index in [4.69, 9.17) is 9.47 Å². The predicted octanol–water partition coefficient (Wildman–Crippen LogP) is 2.04. The first-order valence-electron chi connectivity index (χ1n) is 8.77. The number of para-hydroxylation sites is 1. The molecule has 1 fully saturated rings. The standard InChI is InChI=1S/C18H30N4O2S.HI/c1-19-18(20-7-14-25-2)21-15-16-5-3-4-6-17(16)24-13-10-22-8-11-23-12-9-22;/h3-6H,7-15H2,1-2H3,(H2,19,20,21);1H. The van der Waals surface area contributed by atoms with Gasteiger partial charge >= 0.3 is 0 Å². The molecule has 0 radical (unpaired) electrons. The van der Waals surface area contributed by atoms with Crippen LogP contribution in [0.4, 0.5) is 0 Å². The Hall–Kier alpha value is -0.710. The molecule has 1 aliphatic rings. The van der Waals surface area contributed by atoms with Crippen molar-refractivity contribution in [3.8, 4) is 5.75 Å². The molecular formula is C18H31IN4O2S. The molecule has 2 rings (SSSR count). The van der Waals surface area contributed by atoms with Gasteiger partial charge in [0, 0.05) is 51.1 Å². The molecule has 1 aromatic carbocycles. The van der Waals surface area contributed by atoms with E-state index in [9.17, 15) is 0 Å². The molecule has 0 unspecified atom stereocenters. The number of benzene rings is 1. The highest BCUT2D eigenvalue weighted by atomic mass is 127. The van der Waals surface area contributed by atoms with Gasteiger partial charge in [-0.1, -0.05) is 18.2 Å². The number of thioether (sulfide) groups is 1. The Labute approximate surface area is 178 Å². The van der Waals surface area contributed by atoms with E-state index in [0.29, 0.717) is 13.2 Å². The zero-order valence-electron chi connectivity index (χ0n) is 15.7. The average molecular weight is 494 g/mol. The summed E-state index contributed by atoms with van der Waals surface area (Å²) in [5, 5.41) is 6.65. The Bertz CT molecular complexity index is 528. The lowest BCUT2D eigenvalue weighted by Gasteiger charge is -2.26. The average Bonchev–Trinajstić information content (AvgIpc) is 2.66. The summed E-state index contributed by atoms with van der Waals surface area (Å²) in [4.78, 5) is 6.63. The van der Waals surface area contributed by atoms with Gasteiger partial charge in [-0.2, -0.15) is 11.8 Å². The second-order valence-corrected chi connectivity index (χ2v) is 6.74. The van der Waals surface area contributed by atoms with Crippen molar-refractivity contribution in [2.24, 2.45) is 4.99 Å². The molecule has 1 heterocycles. The lowest BCUT2D eigenvalue weighted by atomic mass is 10.2. The number of hydrogen-bond acceptors (Lipinski definition) is 5. The molecule has 0 spiro atoms. The maximum Gasteiger partial charge on any atom is 0.191 e. The summed E-state index contributed by atoms with van der Waals surface area (Å²) in [5.74, 6) is 2.81. The summed E-state index contributed by atoms with van der Waals surface area (Å²) in [6, 6.07) is 8.17. The number of nitrogens with one attached hydrogen (secondary N) is 2. The topological polar surface area (TPSA) is 58.1 Å². The summed E-state index contributed by atoms with van der Waals surface area (Å²) in [5.41, 5.74) is 1.14. The predicted molar refractivity (Wildman–Crippen MR) is 121 cm³/mol. The fourth-order valence-electron chi connectivity index (χ4n) is 2.57. The molecule has 6 nitrogen and oxygen atoms in total. The number of nitrogens with zero attached hydrogens (tertiary/aromatic N) is 2. The summed E-state index contributed by atoms with van der Waals surface area (Å²) < 4.78 is 11.4. The van der Waals surface area contributed by atoms with Gasteiger partial charge in [0.1, 0.15) is 12.4 Å². The van der Waals surface area contributed by atoms with Crippen molar-refractivity contribution in [2.75, 3.05) is 65.1 Å². The zero-order chi connectivity index (χ0) is 17.7.